The molecule has 0 amide bonds. The summed E-state index contributed by atoms with van der Waals surface area (Å²) < 4.78 is 5.89. The monoisotopic (exact) mass is 342 g/mol. The van der Waals surface area contributed by atoms with Crippen LogP contribution in [0.5, 0.6) is 5.75 Å². The second-order valence-corrected chi connectivity index (χ2v) is 7.18. The van der Waals surface area contributed by atoms with Crippen molar-refractivity contribution in [3.8, 4) is 5.75 Å². The number of benzene rings is 1. The van der Waals surface area contributed by atoms with E-state index in [-0.39, 0.29) is 0 Å². The third-order valence-electron chi connectivity index (χ3n) is 4.82. The van der Waals surface area contributed by atoms with Crippen LogP contribution in [0.2, 0.25) is 0 Å². The van der Waals surface area contributed by atoms with Crippen molar-refractivity contribution in [2.45, 2.75) is 31.7 Å². The van der Waals surface area contributed by atoms with E-state index in [4.69, 9.17) is 4.74 Å². The maximum absolute atomic E-state index is 5.89. The highest BCUT2D eigenvalue weighted by molar-refractivity contribution is 5.28. The van der Waals surface area contributed by atoms with E-state index in [2.05, 4.69) is 58.1 Å². The predicted molar refractivity (Wildman–Crippen MR) is 101 cm³/mol. The fourth-order valence-electron chi connectivity index (χ4n) is 3.43. The van der Waals surface area contributed by atoms with Gasteiger partial charge in [-0.2, -0.15) is 0 Å². The average molecular weight is 342 g/mol. The van der Waals surface area contributed by atoms with Crippen LogP contribution in [0.25, 0.3) is 0 Å². The second-order valence-electron chi connectivity index (χ2n) is 7.18. The van der Waals surface area contributed by atoms with Gasteiger partial charge in [-0.1, -0.05) is 12.1 Å². The Balaban J connectivity index is 1.44. The molecule has 25 heavy (non-hydrogen) atoms. The van der Waals surface area contributed by atoms with Gasteiger partial charge in [-0.05, 0) is 64.1 Å². The van der Waals surface area contributed by atoms with Gasteiger partial charge in [-0.15, -0.1) is 0 Å². The quantitative estimate of drug-likeness (QED) is 0.749. The maximum atomic E-state index is 5.89. The van der Waals surface area contributed by atoms with E-state index >= 15 is 0 Å². The van der Waals surface area contributed by atoms with Gasteiger partial charge in [-0.3, -0.25) is 4.90 Å². The molecule has 1 aromatic carbocycles. The van der Waals surface area contributed by atoms with Crippen LogP contribution in [-0.2, 0) is 6.54 Å². The number of aromatic amines is 1. The highest BCUT2D eigenvalue weighted by atomic mass is 16.5. The van der Waals surface area contributed by atoms with Gasteiger partial charge in [0.25, 0.3) is 0 Å². The number of nitrogens with one attached hydrogen (secondary N) is 1. The van der Waals surface area contributed by atoms with Crippen LogP contribution in [0.15, 0.2) is 36.7 Å². The molecule has 5 heteroatoms. The summed E-state index contributed by atoms with van der Waals surface area (Å²) >= 11 is 0. The van der Waals surface area contributed by atoms with Crippen LogP contribution in [0.3, 0.4) is 0 Å². The lowest BCUT2D eigenvalue weighted by atomic mass is 9.96. The van der Waals surface area contributed by atoms with E-state index < -0.39 is 0 Å². The standard InChI is InChI=1S/C20H30N4O/c1-23(2)11-4-14-25-19-6-3-5-17(15-19)16-24-12-7-18(8-13-24)20-21-9-10-22-20/h3,5-6,9-10,15,18H,4,7-8,11-14,16H2,1-2H3,(H,21,22). The summed E-state index contributed by atoms with van der Waals surface area (Å²) in [6, 6.07) is 8.55. The van der Waals surface area contributed by atoms with Crippen molar-refractivity contribution in [2.75, 3.05) is 40.3 Å². The molecule has 1 aliphatic rings. The van der Waals surface area contributed by atoms with Crippen molar-refractivity contribution in [1.82, 2.24) is 19.8 Å². The molecule has 0 unspecified atom stereocenters. The van der Waals surface area contributed by atoms with Crippen LogP contribution >= 0.6 is 0 Å². The molecule has 0 radical (unpaired) electrons. The molecule has 2 aromatic rings. The SMILES string of the molecule is CN(C)CCCOc1cccc(CN2CCC(c3ncc[nH]3)CC2)c1. The van der Waals surface area contributed by atoms with Crippen molar-refractivity contribution in [3.63, 3.8) is 0 Å². The Hall–Kier alpha value is -1.85. The first-order valence-electron chi connectivity index (χ1n) is 9.29. The molecule has 0 aliphatic carbocycles. The zero-order valence-corrected chi connectivity index (χ0v) is 15.4. The van der Waals surface area contributed by atoms with E-state index in [9.17, 15) is 0 Å². The Morgan fingerprint density at radius 1 is 1.28 bits per heavy atom. The Labute approximate surface area is 151 Å². The fraction of sp³-hybridized carbons (Fsp3) is 0.550. The lowest BCUT2D eigenvalue weighted by molar-refractivity contribution is 0.201. The van der Waals surface area contributed by atoms with Gasteiger partial charge in [0, 0.05) is 31.4 Å². The lowest BCUT2D eigenvalue weighted by Crippen LogP contribution is -2.32. The highest BCUT2D eigenvalue weighted by Crippen LogP contribution is 2.26. The van der Waals surface area contributed by atoms with E-state index in [0.717, 1.165) is 50.8 Å². The molecule has 0 atom stereocenters. The largest absolute Gasteiger partial charge is 0.494 e. The average Bonchev–Trinajstić information content (AvgIpc) is 3.14. The van der Waals surface area contributed by atoms with Crippen LogP contribution in [0.1, 0.15) is 36.6 Å². The zero-order valence-electron chi connectivity index (χ0n) is 15.4. The molecule has 1 aliphatic heterocycles. The molecule has 1 aromatic heterocycles. The first kappa shape index (κ1) is 18.0. The summed E-state index contributed by atoms with van der Waals surface area (Å²) in [7, 11) is 4.19. The number of nitrogens with zero attached hydrogens (tertiary/aromatic N) is 3. The van der Waals surface area contributed by atoms with Gasteiger partial charge in [0.2, 0.25) is 0 Å². The predicted octanol–water partition coefficient (Wildman–Crippen LogP) is 3.12. The van der Waals surface area contributed by atoms with E-state index in [0.29, 0.717) is 5.92 Å². The molecule has 2 heterocycles. The zero-order chi connectivity index (χ0) is 17.5. The topological polar surface area (TPSA) is 44.4 Å². The lowest BCUT2D eigenvalue weighted by Gasteiger charge is -2.31. The molecule has 3 rings (SSSR count). The number of ether oxygens (including phenoxy) is 1. The Kier molecular flexibility index (Phi) is 6.48. The Morgan fingerprint density at radius 2 is 2.12 bits per heavy atom. The van der Waals surface area contributed by atoms with Crippen LogP contribution < -0.4 is 4.74 Å². The van der Waals surface area contributed by atoms with E-state index in [1.54, 1.807) is 0 Å². The number of aromatic nitrogens is 2. The van der Waals surface area contributed by atoms with Crippen molar-refractivity contribution in [3.05, 3.63) is 48.0 Å². The molecule has 0 spiro atoms. The van der Waals surface area contributed by atoms with Gasteiger partial charge in [-0.25, -0.2) is 4.98 Å². The smallest absolute Gasteiger partial charge is 0.119 e. The van der Waals surface area contributed by atoms with E-state index in [1.807, 2.05) is 12.4 Å². The maximum Gasteiger partial charge on any atom is 0.119 e. The third-order valence-corrected chi connectivity index (χ3v) is 4.82. The molecular weight excluding hydrogens is 312 g/mol. The summed E-state index contributed by atoms with van der Waals surface area (Å²) in [4.78, 5) is 12.4. The summed E-state index contributed by atoms with van der Waals surface area (Å²) in [5, 5.41) is 0. The van der Waals surface area contributed by atoms with E-state index in [1.165, 1.54) is 18.4 Å². The number of likely N-dealkylation sites (tertiary alicyclic amines) is 1. The first-order valence-corrected chi connectivity index (χ1v) is 9.29. The number of hydrogen-bond acceptors (Lipinski definition) is 4. The number of H-pyrrole nitrogens is 1. The van der Waals surface area contributed by atoms with Crippen molar-refractivity contribution >= 4 is 0 Å². The van der Waals surface area contributed by atoms with Gasteiger partial charge in [0.15, 0.2) is 0 Å². The Morgan fingerprint density at radius 3 is 2.84 bits per heavy atom. The minimum absolute atomic E-state index is 0.581. The van der Waals surface area contributed by atoms with Gasteiger partial charge in [0.05, 0.1) is 6.61 Å². The Bertz CT molecular complexity index is 618. The minimum Gasteiger partial charge on any atom is -0.494 e. The molecule has 136 valence electrons. The van der Waals surface area contributed by atoms with Gasteiger partial charge >= 0.3 is 0 Å². The van der Waals surface area contributed by atoms with Gasteiger partial charge < -0.3 is 14.6 Å². The summed E-state index contributed by atoms with van der Waals surface area (Å²) in [5.41, 5.74) is 1.33. The first-order chi connectivity index (χ1) is 12.2. The molecule has 1 fully saturated rings. The third kappa shape index (κ3) is 5.58. The molecular formula is C20H30N4O. The molecule has 0 saturated carbocycles. The highest BCUT2D eigenvalue weighted by Gasteiger charge is 2.22. The van der Waals surface area contributed by atoms with Crippen molar-refractivity contribution in [2.24, 2.45) is 0 Å². The molecule has 1 N–H and O–H groups in total. The van der Waals surface area contributed by atoms with Crippen LogP contribution in [-0.4, -0.2) is 60.1 Å². The van der Waals surface area contributed by atoms with Crippen LogP contribution in [0.4, 0.5) is 0 Å². The number of imidazole rings is 1. The van der Waals surface area contributed by atoms with Gasteiger partial charge in [0.1, 0.15) is 11.6 Å². The minimum atomic E-state index is 0.581. The van der Waals surface area contributed by atoms with Crippen LogP contribution in [0, 0.1) is 0 Å². The number of hydrogen-bond donors (Lipinski definition) is 1. The summed E-state index contributed by atoms with van der Waals surface area (Å²) in [6.45, 7) is 5.08. The normalized spacial score (nSPS) is 16.4. The number of piperidine rings is 1. The number of rotatable bonds is 8. The van der Waals surface area contributed by atoms with Crippen molar-refractivity contribution < 1.29 is 4.74 Å². The molecule has 1 saturated heterocycles. The fourth-order valence-corrected chi connectivity index (χ4v) is 3.43. The molecule has 0 bridgehead atoms. The summed E-state index contributed by atoms with van der Waals surface area (Å²) in [5.74, 6) is 2.71. The second kappa shape index (κ2) is 9.02. The summed E-state index contributed by atoms with van der Waals surface area (Å²) in [6.07, 6.45) is 7.18. The van der Waals surface area contributed by atoms with Crippen molar-refractivity contribution in [1.29, 1.82) is 0 Å². The molecule has 5 nitrogen and oxygen atoms in total.